The Labute approximate surface area is 221 Å². The van der Waals surface area contributed by atoms with E-state index in [0.29, 0.717) is 35.7 Å². The number of alkyl carbamates (subject to hydrolysis) is 1. The molecular formula is C27H34ClF2N3O4. The summed E-state index contributed by atoms with van der Waals surface area (Å²) < 4.78 is 38.5. The molecule has 1 aliphatic heterocycles. The summed E-state index contributed by atoms with van der Waals surface area (Å²) in [7, 11) is 1.54. The maximum absolute atomic E-state index is 14.0. The average molecular weight is 538 g/mol. The molecule has 1 saturated heterocycles. The smallest absolute Gasteiger partial charge is 0.414 e. The van der Waals surface area contributed by atoms with Crippen molar-refractivity contribution in [3.63, 3.8) is 0 Å². The molecule has 1 heterocycles. The van der Waals surface area contributed by atoms with Crippen LogP contribution in [0, 0.1) is 0 Å². The molecule has 1 fully saturated rings. The fourth-order valence-electron chi connectivity index (χ4n) is 4.23. The number of anilines is 1. The molecule has 7 nitrogen and oxygen atoms in total. The summed E-state index contributed by atoms with van der Waals surface area (Å²) in [6, 6.07) is 10.4. The SMILES string of the molecule is COc1ccc(NC(Cc2ccc(Cl)cc2CCC(C)(C)OC(=O)NC(=O)[C@@H]2CCCN2)C(F)F)cc1. The molecule has 10 heteroatoms. The van der Waals surface area contributed by atoms with Gasteiger partial charge in [-0.25, -0.2) is 13.6 Å². The number of ether oxygens (including phenoxy) is 2. The second-order valence-corrected chi connectivity index (χ2v) is 10.2. The summed E-state index contributed by atoms with van der Waals surface area (Å²) in [5.74, 6) is 0.232. The Balaban J connectivity index is 1.63. The fourth-order valence-corrected chi connectivity index (χ4v) is 4.42. The van der Waals surface area contributed by atoms with E-state index in [0.717, 1.165) is 24.1 Å². The lowest BCUT2D eigenvalue weighted by Gasteiger charge is -2.26. The van der Waals surface area contributed by atoms with Gasteiger partial charge in [0, 0.05) is 10.7 Å². The third kappa shape index (κ3) is 8.86. The van der Waals surface area contributed by atoms with Gasteiger partial charge in [0.05, 0.1) is 19.2 Å². The van der Waals surface area contributed by atoms with Gasteiger partial charge in [-0.2, -0.15) is 0 Å². The van der Waals surface area contributed by atoms with Crippen LogP contribution in [0.2, 0.25) is 5.02 Å². The predicted octanol–water partition coefficient (Wildman–Crippen LogP) is 5.35. The molecule has 2 aromatic rings. The van der Waals surface area contributed by atoms with E-state index in [9.17, 15) is 18.4 Å². The number of rotatable bonds is 11. The van der Waals surface area contributed by atoms with Gasteiger partial charge in [0.2, 0.25) is 5.91 Å². The van der Waals surface area contributed by atoms with Crippen LogP contribution in [0.5, 0.6) is 5.75 Å². The molecule has 2 atom stereocenters. The van der Waals surface area contributed by atoms with Crippen LogP contribution in [0.1, 0.15) is 44.2 Å². The van der Waals surface area contributed by atoms with Crippen molar-refractivity contribution in [1.82, 2.24) is 10.6 Å². The van der Waals surface area contributed by atoms with Crippen LogP contribution >= 0.6 is 11.6 Å². The monoisotopic (exact) mass is 537 g/mol. The summed E-state index contributed by atoms with van der Waals surface area (Å²) in [4.78, 5) is 24.5. The van der Waals surface area contributed by atoms with Gasteiger partial charge in [0.25, 0.3) is 6.43 Å². The molecule has 0 saturated carbocycles. The molecule has 0 radical (unpaired) electrons. The number of imide groups is 1. The molecule has 3 rings (SSSR count). The van der Waals surface area contributed by atoms with Gasteiger partial charge in [0.15, 0.2) is 0 Å². The zero-order valence-electron chi connectivity index (χ0n) is 21.3. The second-order valence-electron chi connectivity index (χ2n) is 9.72. The van der Waals surface area contributed by atoms with Gasteiger partial charge < -0.3 is 20.1 Å². The van der Waals surface area contributed by atoms with Gasteiger partial charge in [-0.3, -0.25) is 10.1 Å². The summed E-state index contributed by atoms with van der Waals surface area (Å²) in [6.45, 7) is 4.22. The van der Waals surface area contributed by atoms with E-state index in [1.807, 2.05) is 0 Å². The average Bonchev–Trinajstić information content (AvgIpc) is 3.39. The molecule has 0 bridgehead atoms. The number of carbonyl (C=O) groups excluding carboxylic acids is 2. The van der Waals surface area contributed by atoms with E-state index < -0.39 is 30.1 Å². The summed E-state index contributed by atoms with van der Waals surface area (Å²) in [5, 5.41) is 8.71. The van der Waals surface area contributed by atoms with Crippen LogP contribution in [0.4, 0.5) is 19.3 Å². The first-order chi connectivity index (χ1) is 17.6. The lowest BCUT2D eigenvalue weighted by Crippen LogP contribution is -2.45. The Bertz CT molecular complexity index is 1060. The van der Waals surface area contributed by atoms with Crippen LogP contribution in [-0.4, -0.2) is 49.8 Å². The lowest BCUT2D eigenvalue weighted by molar-refractivity contribution is -0.122. The van der Waals surface area contributed by atoms with E-state index in [-0.39, 0.29) is 12.5 Å². The molecule has 37 heavy (non-hydrogen) atoms. The zero-order valence-corrected chi connectivity index (χ0v) is 22.0. The Morgan fingerprint density at radius 1 is 1.16 bits per heavy atom. The van der Waals surface area contributed by atoms with Crippen molar-refractivity contribution >= 4 is 29.3 Å². The minimum atomic E-state index is -2.61. The lowest BCUT2D eigenvalue weighted by atomic mass is 9.93. The normalized spacial score (nSPS) is 16.4. The molecule has 1 aliphatic rings. The molecule has 0 aliphatic carbocycles. The van der Waals surface area contributed by atoms with Crippen molar-refractivity contribution in [1.29, 1.82) is 0 Å². The van der Waals surface area contributed by atoms with Gasteiger partial charge in [-0.15, -0.1) is 0 Å². The number of halogens is 3. The number of hydrogen-bond donors (Lipinski definition) is 3. The number of benzene rings is 2. The van der Waals surface area contributed by atoms with Crippen LogP contribution in [0.25, 0.3) is 0 Å². The fraction of sp³-hybridized carbons (Fsp3) is 0.481. The molecule has 1 unspecified atom stereocenters. The molecule has 0 aromatic heterocycles. The minimum absolute atomic E-state index is 0.0703. The Morgan fingerprint density at radius 3 is 2.51 bits per heavy atom. The van der Waals surface area contributed by atoms with E-state index in [1.54, 1.807) is 63.4 Å². The maximum atomic E-state index is 14.0. The number of hydrogen-bond acceptors (Lipinski definition) is 6. The number of aryl methyl sites for hydroxylation is 1. The standard InChI is InChI=1S/C27H34ClF2N3O4/c1-27(2,37-26(35)33-25(34)22-5-4-14-31-22)13-12-18-15-19(28)7-6-17(18)16-23(24(29)30)32-20-8-10-21(36-3)11-9-20/h6-11,15,22-24,31-32H,4-5,12-14,16H2,1-3H3,(H,33,34,35)/t22-,23?/m0/s1. The summed E-state index contributed by atoms with van der Waals surface area (Å²) in [6.07, 6.45) is -0.963. The van der Waals surface area contributed by atoms with E-state index >= 15 is 0 Å². The largest absolute Gasteiger partial charge is 0.497 e. The number of carbonyl (C=O) groups is 2. The molecular weight excluding hydrogens is 504 g/mol. The topological polar surface area (TPSA) is 88.7 Å². The van der Waals surface area contributed by atoms with Crippen molar-refractivity contribution < 1.29 is 27.8 Å². The highest BCUT2D eigenvalue weighted by Gasteiger charge is 2.28. The first-order valence-corrected chi connectivity index (χ1v) is 12.7. The molecule has 2 amide bonds. The van der Waals surface area contributed by atoms with E-state index in [4.69, 9.17) is 21.1 Å². The van der Waals surface area contributed by atoms with Crippen molar-refractivity contribution in [3.05, 3.63) is 58.6 Å². The predicted molar refractivity (Wildman–Crippen MR) is 140 cm³/mol. The highest BCUT2D eigenvalue weighted by molar-refractivity contribution is 6.30. The third-order valence-electron chi connectivity index (χ3n) is 6.32. The molecule has 202 valence electrons. The second kappa shape index (κ2) is 13.1. The Kier molecular flexibility index (Phi) is 10.1. The number of amides is 2. The van der Waals surface area contributed by atoms with Crippen LogP contribution in [-0.2, 0) is 22.4 Å². The summed E-state index contributed by atoms with van der Waals surface area (Å²) >= 11 is 6.21. The number of alkyl halides is 2. The first kappa shape index (κ1) is 28.7. The van der Waals surface area contributed by atoms with Crippen molar-refractivity contribution in [2.45, 2.75) is 70.1 Å². The molecule has 2 aromatic carbocycles. The number of methoxy groups -OCH3 is 1. The maximum Gasteiger partial charge on any atom is 0.414 e. The summed E-state index contributed by atoms with van der Waals surface area (Å²) in [5.41, 5.74) is 1.16. The molecule has 3 N–H and O–H groups in total. The van der Waals surface area contributed by atoms with E-state index in [1.165, 1.54) is 0 Å². The Hall–Kier alpha value is -2.91. The van der Waals surface area contributed by atoms with Gasteiger partial charge >= 0.3 is 6.09 Å². The third-order valence-corrected chi connectivity index (χ3v) is 6.56. The van der Waals surface area contributed by atoms with Gasteiger partial charge in [-0.05, 0) is 100 Å². The minimum Gasteiger partial charge on any atom is -0.497 e. The van der Waals surface area contributed by atoms with Crippen LogP contribution in [0.15, 0.2) is 42.5 Å². The first-order valence-electron chi connectivity index (χ1n) is 12.3. The van der Waals surface area contributed by atoms with Crippen molar-refractivity contribution in [3.8, 4) is 5.75 Å². The van der Waals surface area contributed by atoms with Gasteiger partial charge in [0.1, 0.15) is 11.4 Å². The Morgan fingerprint density at radius 2 is 1.89 bits per heavy atom. The van der Waals surface area contributed by atoms with Crippen molar-refractivity contribution in [2.24, 2.45) is 0 Å². The zero-order chi connectivity index (χ0) is 27.0. The highest BCUT2D eigenvalue weighted by atomic mass is 35.5. The quantitative estimate of drug-likeness (QED) is 0.358. The van der Waals surface area contributed by atoms with Crippen LogP contribution in [0.3, 0.4) is 0 Å². The van der Waals surface area contributed by atoms with Crippen LogP contribution < -0.4 is 20.7 Å². The highest BCUT2D eigenvalue weighted by Crippen LogP contribution is 2.26. The van der Waals surface area contributed by atoms with Gasteiger partial charge in [-0.1, -0.05) is 17.7 Å². The molecule has 0 spiro atoms. The van der Waals surface area contributed by atoms with Crippen molar-refractivity contribution in [2.75, 3.05) is 19.0 Å². The van der Waals surface area contributed by atoms with E-state index in [2.05, 4.69) is 16.0 Å². The number of nitrogens with one attached hydrogen (secondary N) is 3.